The summed E-state index contributed by atoms with van der Waals surface area (Å²) in [7, 11) is 0. The fourth-order valence-electron chi connectivity index (χ4n) is 0.543. The van der Waals surface area contributed by atoms with Gasteiger partial charge in [-0.3, -0.25) is 9.46 Å². The van der Waals surface area contributed by atoms with E-state index in [1.165, 1.54) is 5.75 Å². The van der Waals surface area contributed by atoms with E-state index in [-0.39, 0.29) is 6.54 Å². The van der Waals surface area contributed by atoms with E-state index in [1.54, 1.807) is 0 Å². The molecule has 0 aliphatic carbocycles. The molecule has 1 saturated heterocycles. The molecule has 1 aliphatic rings. The molecule has 6 heteroatoms. The zero-order valence-corrected chi connectivity index (χ0v) is 5.63. The highest BCUT2D eigenvalue weighted by Crippen LogP contribution is 2.24. The maximum atomic E-state index is 11.4. The maximum absolute atomic E-state index is 11.4. The van der Waals surface area contributed by atoms with Crippen LogP contribution >= 0.6 is 11.9 Å². The predicted molar refractivity (Wildman–Crippen MR) is 30.8 cm³/mol. The molecule has 1 unspecified atom stereocenters. The highest BCUT2D eigenvalue weighted by atomic mass is 32.2. The fraction of sp³-hybridized carbons (Fsp3) is 0.750. The molecule has 1 rings (SSSR count). The standard InChI is InChI=1S/C4H5F3NOS/c5-4(6,7)9-3-1-8-10-2-3/h2-3,8H,1H2. The molecule has 1 radical (unpaired) electrons. The van der Waals surface area contributed by atoms with Crippen LogP contribution in [0.25, 0.3) is 0 Å². The second kappa shape index (κ2) is 2.98. The molecular weight excluding hydrogens is 167 g/mol. The van der Waals surface area contributed by atoms with Crippen molar-refractivity contribution in [3.05, 3.63) is 5.75 Å². The fourth-order valence-corrected chi connectivity index (χ4v) is 1.20. The number of hydrogen-bond acceptors (Lipinski definition) is 3. The Bertz CT molecular complexity index is 112. The number of nitrogens with one attached hydrogen (secondary N) is 1. The van der Waals surface area contributed by atoms with Gasteiger partial charge in [0.1, 0.15) is 0 Å². The van der Waals surface area contributed by atoms with Crippen molar-refractivity contribution in [2.75, 3.05) is 6.54 Å². The summed E-state index contributed by atoms with van der Waals surface area (Å²) >= 11 is 1.12. The number of rotatable bonds is 1. The van der Waals surface area contributed by atoms with Gasteiger partial charge < -0.3 is 0 Å². The van der Waals surface area contributed by atoms with Crippen LogP contribution in [0.2, 0.25) is 0 Å². The number of halogens is 3. The lowest BCUT2D eigenvalue weighted by atomic mass is 10.4. The van der Waals surface area contributed by atoms with Gasteiger partial charge in [0.25, 0.3) is 0 Å². The average molecular weight is 172 g/mol. The molecule has 1 aliphatic heterocycles. The zero-order valence-electron chi connectivity index (χ0n) is 4.81. The highest BCUT2D eigenvalue weighted by molar-refractivity contribution is 7.99. The largest absolute Gasteiger partial charge is 0.522 e. The second-order valence-corrected chi connectivity index (χ2v) is 2.50. The zero-order chi connectivity index (χ0) is 7.61. The Hall–Kier alpha value is 0.0600. The minimum atomic E-state index is -4.52. The van der Waals surface area contributed by atoms with Gasteiger partial charge in [0.2, 0.25) is 0 Å². The summed E-state index contributed by atoms with van der Waals surface area (Å²) in [4.78, 5) is 0. The lowest BCUT2D eigenvalue weighted by Crippen LogP contribution is -2.25. The molecule has 0 amide bonds. The van der Waals surface area contributed by atoms with Crippen molar-refractivity contribution in [2.45, 2.75) is 12.5 Å². The first kappa shape index (κ1) is 8.16. The molecule has 1 heterocycles. The third-order valence-electron chi connectivity index (χ3n) is 0.873. The van der Waals surface area contributed by atoms with E-state index in [2.05, 4.69) is 9.46 Å². The normalized spacial score (nSPS) is 27.3. The summed E-state index contributed by atoms with van der Waals surface area (Å²) in [6.07, 6.45) is -5.36. The van der Waals surface area contributed by atoms with Gasteiger partial charge in [-0.2, -0.15) is 0 Å². The Kier molecular flexibility index (Phi) is 2.43. The van der Waals surface area contributed by atoms with Gasteiger partial charge in [-0.25, -0.2) is 0 Å². The van der Waals surface area contributed by atoms with E-state index in [0.29, 0.717) is 0 Å². The van der Waals surface area contributed by atoms with Crippen molar-refractivity contribution < 1.29 is 17.9 Å². The topological polar surface area (TPSA) is 21.3 Å². The maximum Gasteiger partial charge on any atom is 0.522 e. The van der Waals surface area contributed by atoms with E-state index in [9.17, 15) is 13.2 Å². The highest BCUT2D eigenvalue weighted by Gasteiger charge is 2.34. The van der Waals surface area contributed by atoms with Crippen LogP contribution in [-0.2, 0) is 4.74 Å². The molecule has 10 heavy (non-hydrogen) atoms. The molecule has 0 aromatic rings. The van der Waals surface area contributed by atoms with Crippen molar-refractivity contribution in [3.8, 4) is 0 Å². The number of hydrogen-bond donors (Lipinski definition) is 1. The summed E-state index contributed by atoms with van der Waals surface area (Å²) in [5, 5.41) is 0. The average Bonchev–Trinajstić information content (AvgIpc) is 2.12. The van der Waals surface area contributed by atoms with E-state index < -0.39 is 12.5 Å². The Balaban J connectivity index is 2.24. The molecule has 1 N–H and O–H groups in total. The van der Waals surface area contributed by atoms with Crippen LogP contribution in [-0.4, -0.2) is 19.0 Å². The third-order valence-corrected chi connectivity index (χ3v) is 1.65. The van der Waals surface area contributed by atoms with Crippen LogP contribution in [0.4, 0.5) is 13.2 Å². The van der Waals surface area contributed by atoms with E-state index in [1.807, 2.05) is 0 Å². The Morgan fingerprint density at radius 2 is 2.30 bits per heavy atom. The molecule has 0 bridgehead atoms. The van der Waals surface area contributed by atoms with E-state index in [4.69, 9.17) is 0 Å². The summed E-state index contributed by atoms with van der Waals surface area (Å²) in [6.45, 7) is 0.212. The monoisotopic (exact) mass is 172 g/mol. The third kappa shape index (κ3) is 2.76. The predicted octanol–water partition coefficient (Wildman–Crippen LogP) is 1.30. The Morgan fingerprint density at radius 3 is 2.70 bits per heavy atom. The molecule has 0 saturated carbocycles. The van der Waals surface area contributed by atoms with Crippen LogP contribution in [0.15, 0.2) is 0 Å². The van der Waals surface area contributed by atoms with Crippen molar-refractivity contribution in [2.24, 2.45) is 0 Å². The van der Waals surface area contributed by atoms with Gasteiger partial charge in [-0.15, -0.1) is 13.2 Å². The van der Waals surface area contributed by atoms with Gasteiger partial charge in [0.15, 0.2) is 0 Å². The number of alkyl halides is 3. The minimum absolute atomic E-state index is 0.212. The summed E-state index contributed by atoms with van der Waals surface area (Å²) < 4.78 is 40.6. The van der Waals surface area contributed by atoms with Gasteiger partial charge in [-0.1, -0.05) is 11.9 Å². The van der Waals surface area contributed by atoms with Crippen LogP contribution in [0.1, 0.15) is 0 Å². The molecule has 1 atom stereocenters. The SMILES string of the molecule is FC(F)(F)OC1[CH]SNC1. The van der Waals surface area contributed by atoms with Crippen LogP contribution in [0.3, 0.4) is 0 Å². The van der Waals surface area contributed by atoms with Gasteiger partial charge in [0, 0.05) is 6.54 Å². The van der Waals surface area contributed by atoms with E-state index in [0.717, 1.165) is 11.9 Å². The Morgan fingerprint density at radius 1 is 1.60 bits per heavy atom. The van der Waals surface area contributed by atoms with E-state index >= 15 is 0 Å². The van der Waals surface area contributed by atoms with Crippen LogP contribution in [0.5, 0.6) is 0 Å². The molecule has 0 aromatic carbocycles. The van der Waals surface area contributed by atoms with Crippen molar-refractivity contribution in [1.29, 1.82) is 0 Å². The molecule has 0 aromatic heterocycles. The molecule has 1 fully saturated rings. The first-order valence-corrected chi connectivity index (χ1v) is 3.42. The molecular formula is C4H5F3NOS. The second-order valence-electron chi connectivity index (χ2n) is 1.70. The van der Waals surface area contributed by atoms with Crippen molar-refractivity contribution in [1.82, 2.24) is 4.72 Å². The first-order valence-electron chi connectivity index (χ1n) is 2.54. The smallest absolute Gasteiger partial charge is 0.286 e. The lowest BCUT2D eigenvalue weighted by Gasteiger charge is -2.10. The lowest BCUT2D eigenvalue weighted by molar-refractivity contribution is -0.335. The van der Waals surface area contributed by atoms with Crippen LogP contribution in [0, 0.1) is 5.75 Å². The molecule has 2 nitrogen and oxygen atoms in total. The first-order chi connectivity index (χ1) is 4.58. The van der Waals surface area contributed by atoms with Crippen molar-refractivity contribution >= 4 is 11.9 Å². The molecule has 0 spiro atoms. The minimum Gasteiger partial charge on any atom is -0.286 e. The number of ether oxygens (including phenoxy) is 1. The molecule has 59 valence electrons. The van der Waals surface area contributed by atoms with Crippen LogP contribution < -0.4 is 4.72 Å². The van der Waals surface area contributed by atoms with Crippen molar-refractivity contribution in [3.63, 3.8) is 0 Å². The quantitative estimate of drug-likeness (QED) is 0.602. The summed E-state index contributed by atoms with van der Waals surface area (Å²) in [6, 6.07) is 0. The van der Waals surface area contributed by atoms with Gasteiger partial charge >= 0.3 is 6.36 Å². The van der Waals surface area contributed by atoms with Gasteiger partial charge in [0.05, 0.1) is 11.9 Å². The summed E-state index contributed by atoms with van der Waals surface area (Å²) in [5.74, 6) is 1.37. The van der Waals surface area contributed by atoms with Gasteiger partial charge in [-0.05, 0) is 0 Å². The Labute approximate surface area is 60.2 Å². The summed E-state index contributed by atoms with van der Waals surface area (Å²) in [5.41, 5.74) is 0.